The van der Waals surface area contributed by atoms with Crippen molar-refractivity contribution >= 4 is 17.9 Å². The smallest absolute Gasteiger partial charge is 0.306 e. The van der Waals surface area contributed by atoms with E-state index in [0.29, 0.717) is 19.3 Å². The molecule has 0 radical (unpaired) electrons. The SMILES string of the molecule is CCCCC/C=C\C/C=C\C/C=C\CCCCCCC(=O)O[C@@H](COC(=O)CCCCCCCCCCC/C=C\CCCCCCCC)COC(=O)CCCCCCCCCCCCCCCCCCC. The van der Waals surface area contributed by atoms with E-state index in [1.165, 1.54) is 205 Å². The third kappa shape index (κ3) is 58.1. The van der Waals surface area contributed by atoms with Crippen LogP contribution in [0.25, 0.3) is 0 Å². The summed E-state index contributed by atoms with van der Waals surface area (Å²) in [4.78, 5) is 38.3. The van der Waals surface area contributed by atoms with Crippen molar-refractivity contribution in [2.75, 3.05) is 13.2 Å². The van der Waals surface area contributed by atoms with Crippen LogP contribution in [0.2, 0.25) is 0 Å². The summed E-state index contributed by atoms with van der Waals surface area (Å²) in [6.45, 7) is 6.64. The number of carbonyl (C=O) groups excluding carboxylic acids is 3. The maximum atomic E-state index is 12.9. The summed E-state index contributed by atoms with van der Waals surface area (Å²) in [7, 11) is 0. The van der Waals surface area contributed by atoms with Gasteiger partial charge in [-0.05, 0) is 83.5 Å². The van der Waals surface area contributed by atoms with Crippen LogP contribution >= 0.6 is 0 Å². The van der Waals surface area contributed by atoms with E-state index in [1.807, 2.05) is 0 Å². The molecule has 0 rings (SSSR count). The first kappa shape index (κ1) is 68.4. The lowest BCUT2D eigenvalue weighted by molar-refractivity contribution is -0.167. The molecule has 0 aromatic heterocycles. The first-order valence-electron chi connectivity index (χ1n) is 31.1. The standard InChI is InChI=1S/C65H118O6/c1-4-7-10-13-16-19-22-25-28-31-32-35-37-40-43-46-49-52-55-58-64(67)70-61-62(71-65(68)59-56-53-50-47-44-41-38-34-30-27-24-21-18-15-12-9-6-3)60-69-63(66)57-54-51-48-45-42-39-36-33-29-26-23-20-17-14-11-8-5-2/h18,21,25,27-28,30,38,41,62H,4-17,19-20,22-24,26,29,31-37,39-40,42-61H2,1-3H3/b21-18-,28-25-,30-27-,41-38-/t62-/m1/s1. The number of ether oxygens (including phenoxy) is 3. The van der Waals surface area contributed by atoms with Gasteiger partial charge in [-0.25, -0.2) is 0 Å². The lowest BCUT2D eigenvalue weighted by Gasteiger charge is -2.18. The van der Waals surface area contributed by atoms with Gasteiger partial charge in [0.2, 0.25) is 0 Å². The molecule has 0 aromatic rings. The molecule has 0 aliphatic rings. The molecule has 0 aliphatic heterocycles. The average Bonchev–Trinajstić information content (AvgIpc) is 3.37. The van der Waals surface area contributed by atoms with Crippen LogP contribution in [0, 0.1) is 0 Å². The quantitative estimate of drug-likeness (QED) is 0.0261. The molecular weight excluding hydrogens is 877 g/mol. The minimum absolute atomic E-state index is 0.0793. The minimum Gasteiger partial charge on any atom is -0.462 e. The molecule has 0 aliphatic carbocycles. The zero-order valence-corrected chi connectivity index (χ0v) is 47.5. The summed E-state index contributed by atoms with van der Waals surface area (Å²) in [5.74, 6) is -0.884. The lowest BCUT2D eigenvalue weighted by Crippen LogP contribution is -2.30. The van der Waals surface area contributed by atoms with E-state index in [2.05, 4.69) is 69.4 Å². The van der Waals surface area contributed by atoms with Crippen molar-refractivity contribution in [3.8, 4) is 0 Å². The molecule has 0 saturated heterocycles. The first-order valence-corrected chi connectivity index (χ1v) is 31.1. The first-order chi connectivity index (χ1) is 35.0. The molecule has 1 atom stereocenters. The van der Waals surface area contributed by atoms with Crippen LogP contribution in [-0.2, 0) is 28.6 Å². The van der Waals surface area contributed by atoms with Gasteiger partial charge in [-0.15, -0.1) is 0 Å². The predicted molar refractivity (Wildman–Crippen MR) is 307 cm³/mol. The Morgan fingerprint density at radius 3 is 0.831 bits per heavy atom. The monoisotopic (exact) mass is 995 g/mol. The van der Waals surface area contributed by atoms with Gasteiger partial charge in [0.25, 0.3) is 0 Å². The van der Waals surface area contributed by atoms with Crippen molar-refractivity contribution in [3.63, 3.8) is 0 Å². The van der Waals surface area contributed by atoms with E-state index in [0.717, 1.165) is 83.5 Å². The highest BCUT2D eigenvalue weighted by molar-refractivity contribution is 5.71. The number of unbranched alkanes of at least 4 members (excludes halogenated alkanes) is 38. The van der Waals surface area contributed by atoms with Crippen molar-refractivity contribution in [2.24, 2.45) is 0 Å². The third-order valence-electron chi connectivity index (χ3n) is 13.8. The fourth-order valence-electron chi connectivity index (χ4n) is 9.09. The number of esters is 3. The summed E-state index contributed by atoms with van der Waals surface area (Å²) in [5.41, 5.74) is 0. The molecule has 0 aromatic carbocycles. The molecule has 414 valence electrons. The number of hydrogen-bond donors (Lipinski definition) is 0. The molecule has 0 fully saturated rings. The van der Waals surface area contributed by atoms with Gasteiger partial charge in [-0.1, -0.05) is 275 Å². The van der Waals surface area contributed by atoms with Gasteiger partial charge >= 0.3 is 17.9 Å². The lowest BCUT2D eigenvalue weighted by atomic mass is 10.0. The Morgan fingerprint density at radius 1 is 0.282 bits per heavy atom. The molecule has 0 bridgehead atoms. The molecule has 0 spiro atoms. The van der Waals surface area contributed by atoms with Gasteiger partial charge in [0.05, 0.1) is 0 Å². The number of allylic oxidation sites excluding steroid dienone is 8. The normalized spacial score (nSPS) is 12.3. The van der Waals surface area contributed by atoms with E-state index in [1.54, 1.807) is 0 Å². The Morgan fingerprint density at radius 2 is 0.507 bits per heavy atom. The number of rotatable bonds is 57. The zero-order valence-electron chi connectivity index (χ0n) is 47.5. The van der Waals surface area contributed by atoms with Crippen molar-refractivity contribution in [2.45, 2.75) is 335 Å². The topological polar surface area (TPSA) is 78.9 Å². The number of hydrogen-bond acceptors (Lipinski definition) is 6. The second-order valence-electron chi connectivity index (χ2n) is 21.0. The van der Waals surface area contributed by atoms with Crippen molar-refractivity contribution in [1.29, 1.82) is 0 Å². The van der Waals surface area contributed by atoms with Gasteiger partial charge in [-0.2, -0.15) is 0 Å². The van der Waals surface area contributed by atoms with Crippen LogP contribution in [-0.4, -0.2) is 37.2 Å². The van der Waals surface area contributed by atoms with Crippen molar-refractivity contribution in [3.05, 3.63) is 48.6 Å². The Hall–Kier alpha value is -2.63. The molecule has 0 amide bonds. The molecule has 71 heavy (non-hydrogen) atoms. The third-order valence-corrected chi connectivity index (χ3v) is 13.8. The molecule has 0 heterocycles. The summed E-state index contributed by atoms with van der Waals surface area (Å²) in [6, 6.07) is 0. The average molecular weight is 996 g/mol. The largest absolute Gasteiger partial charge is 0.462 e. The molecular formula is C65H118O6. The fraction of sp³-hybridized carbons (Fsp3) is 0.831. The highest BCUT2D eigenvalue weighted by Gasteiger charge is 2.19. The van der Waals surface area contributed by atoms with E-state index < -0.39 is 6.10 Å². The maximum Gasteiger partial charge on any atom is 0.306 e. The summed E-state index contributed by atoms with van der Waals surface area (Å²) in [6.07, 6.45) is 73.9. The van der Waals surface area contributed by atoms with Crippen molar-refractivity contribution in [1.82, 2.24) is 0 Å². The Balaban J connectivity index is 4.37. The van der Waals surface area contributed by atoms with Crippen LogP contribution in [0.1, 0.15) is 329 Å². The van der Waals surface area contributed by atoms with Crippen LogP contribution in [0.3, 0.4) is 0 Å². The Bertz CT molecular complexity index is 1230. The van der Waals surface area contributed by atoms with Crippen LogP contribution in [0.15, 0.2) is 48.6 Å². The van der Waals surface area contributed by atoms with E-state index >= 15 is 0 Å². The minimum atomic E-state index is -0.784. The Labute approximate surface area is 441 Å². The van der Waals surface area contributed by atoms with Gasteiger partial charge in [0.15, 0.2) is 6.10 Å². The van der Waals surface area contributed by atoms with E-state index in [9.17, 15) is 14.4 Å². The fourth-order valence-corrected chi connectivity index (χ4v) is 9.09. The summed E-state index contributed by atoms with van der Waals surface area (Å²) in [5, 5.41) is 0. The van der Waals surface area contributed by atoms with Crippen LogP contribution < -0.4 is 0 Å². The van der Waals surface area contributed by atoms with Crippen LogP contribution in [0.5, 0.6) is 0 Å². The molecule has 6 nitrogen and oxygen atoms in total. The van der Waals surface area contributed by atoms with E-state index in [-0.39, 0.29) is 31.1 Å². The van der Waals surface area contributed by atoms with Gasteiger partial charge in [0, 0.05) is 19.3 Å². The molecule has 6 heteroatoms. The Kier molecular flexibility index (Phi) is 57.7. The highest BCUT2D eigenvalue weighted by atomic mass is 16.6. The maximum absolute atomic E-state index is 12.9. The van der Waals surface area contributed by atoms with Crippen LogP contribution in [0.4, 0.5) is 0 Å². The highest BCUT2D eigenvalue weighted by Crippen LogP contribution is 2.17. The summed E-state index contributed by atoms with van der Waals surface area (Å²) < 4.78 is 16.9. The predicted octanol–water partition coefficient (Wildman–Crippen LogP) is 21.0. The van der Waals surface area contributed by atoms with Gasteiger partial charge < -0.3 is 14.2 Å². The van der Waals surface area contributed by atoms with Crippen molar-refractivity contribution < 1.29 is 28.6 Å². The zero-order chi connectivity index (χ0) is 51.4. The second-order valence-corrected chi connectivity index (χ2v) is 21.0. The van der Waals surface area contributed by atoms with Gasteiger partial charge in [0.1, 0.15) is 13.2 Å². The summed E-state index contributed by atoms with van der Waals surface area (Å²) >= 11 is 0. The molecule has 0 N–H and O–H groups in total. The van der Waals surface area contributed by atoms with Gasteiger partial charge in [-0.3, -0.25) is 14.4 Å². The van der Waals surface area contributed by atoms with E-state index in [4.69, 9.17) is 14.2 Å². The molecule has 0 saturated carbocycles. The second kappa shape index (κ2) is 59.9. The molecule has 0 unspecified atom stereocenters. The number of carbonyl (C=O) groups is 3.